The molecule has 7 heteroatoms. The van der Waals surface area contributed by atoms with Crippen LogP contribution in [0.5, 0.6) is 5.75 Å². The zero-order chi connectivity index (χ0) is 15.4. The number of nitrogens with one attached hydrogen (secondary N) is 1. The second kappa shape index (κ2) is 6.49. The summed E-state index contributed by atoms with van der Waals surface area (Å²) in [5.74, 6) is 1.68. The van der Waals surface area contributed by atoms with E-state index in [1.165, 1.54) is 4.90 Å². The highest BCUT2D eigenvalue weighted by molar-refractivity contribution is 6.30. The maximum atomic E-state index is 12.1. The number of methoxy groups -OCH3 is 1. The topological polar surface area (TPSA) is 67.6 Å². The van der Waals surface area contributed by atoms with Crippen LogP contribution >= 0.6 is 11.6 Å². The van der Waals surface area contributed by atoms with Gasteiger partial charge >= 0.3 is 6.03 Å². The van der Waals surface area contributed by atoms with Crippen LogP contribution in [0, 0.1) is 6.92 Å². The lowest BCUT2D eigenvalue weighted by atomic mass is 10.2. The van der Waals surface area contributed by atoms with Crippen LogP contribution in [0.1, 0.15) is 11.3 Å². The third-order valence-electron chi connectivity index (χ3n) is 2.86. The molecule has 0 aliphatic heterocycles. The van der Waals surface area contributed by atoms with Gasteiger partial charge in [0.05, 0.1) is 13.7 Å². The predicted molar refractivity (Wildman–Crippen MR) is 79.7 cm³/mol. The Hall–Kier alpha value is -2.21. The number of aromatic nitrogens is 1. The number of urea groups is 1. The predicted octanol–water partition coefficient (Wildman–Crippen LogP) is 3.31. The van der Waals surface area contributed by atoms with Gasteiger partial charge in [-0.2, -0.15) is 0 Å². The summed E-state index contributed by atoms with van der Waals surface area (Å²) in [5.41, 5.74) is 0.819. The maximum Gasteiger partial charge on any atom is 0.323 e. The number of halogens is 1. The van der Waals surface area contributed by atoms with E-state index in [4.69, 9.17) is 20.9 Å². The number of amides is 2. The van der Waals surface area contributed by atoms with Crippen molar-refractivity contribution >= 4 is 23.4 Å². The molecule has 1 aromatic heterocycles. The Morgan fingerprint density at radius 3 is 2.86 bits per heavy atom. The van der Waals surface area contributed by atoms with Crippen molar-refractivity contribution in [1.82, 2.24) is 10.1 Å². The molecule has 0 aliphatic rings. The second-order valence-electron chi connectivity index (χ2n) is 4.57. The number of rotatable bonds is 4. The molecule has 6 nitrogen and oxygen atoms in total. The summed E-state index contributed by atoms with van der Waals surface area (Å²) in [5, 5.41) is 6.95. The number of carbonyl (C=O) groups excluding carboxylic acids is 1. The Kier molecular flexibility index (Phi) is 4.70. The molecule has 1 aromatic carbocycles. The van der Waals surface area contributed by atoms with Gasteiger partial charge < -0.3 is 14.2 Å². The van der Waals surface area contributed by atoms with Crippen molar-refractivity contribution in [2.45, 2.75) is 13.5 Å². The first-order valence-corrected chi connectivity index (χ1v) is 6.65. The van der Waals surface area contributed by atoms with E-state index >= 15 is 0 Å². The van der Waals surface area contributed by atoms with Gasteiger partial charge in [0.1, 0.15) is 11.5 Å². The van der Waals surface area contributed by atoms with Crippen molar-refractivity contribution in [3.8, 4) is 5.75 Å². The number of anilines is 1. The fourth-order valence-corrected chi connectivity index (χ4v) is 2.02. The largest absolute Gasteiger partial charge is 0.496 e. The van der Waals surface area contributed by atoms with Crippen LogP contribution in [0.25, 0.3) is 0 Å². The van der Waals surface area contributed by atoms with Crippen LogP contribution in [0.15, 0.2) is 28.8 Å². The average Bonchev–Trinajstić information content (AvgIpc) is 2.84. The van der Waals surface area contributed by atoms with E-state index in [9.17, 15) is 4.79 Å². The highest BCUT2D eigenvalue weighted by Crippen LogP contribution is 2.24. The summed E-state index contributed by atoms with van der Waals surface area (Å²) in [6.07, 6.45) is 0. The van der Waals surface area contributed by atoms with Gasteiger partial charge in [0.15, 0.2) is 5.82 Å². The van der Waals surface area contributed by atoms with Crippen LogP contribution < -0.4 is 10.1 Å². The molecule has 0 saturated carbocycles. The van der Waals surface area contributed by atoms with Gasteiger partial charge in [-0.1, -0.05) is 16.8 Å². The van der Waals surface area contributed by atoms with Crippen LogP contribution in [-0.2, 0) is 6.54 Å². The molecule has 0 atom stereocenters. The summed E-state index contributed by atoms with van der Waals surface area (Å²) in [6.45, 7) is 2.11. The van der Waals surface area contributed by atoms with Gasteiger partial charge in [-0.15, -0.1) is 0 Å². The number of hydrogen-bond donors (Lipinski definition) is 1. The lowest BCUT2D eigenvalue weighted by Gasteiger charge is -2.18. The molecule has 0 saturated heterocycles. The van der Waals surface area contributed by atoms with Crippen molar-refractivity contribution in [1.29, 1.82) is 0 Å². The van der Waals surface area contributed by atoms with Crippen LogP contribution in [0.4, 0.5) is 10.6 Å². The molecule has 0 unspecified atom stereocenters. The summed E-state index contributed by atoms with van der Waals surface area (Å²) < 4.78 is 10.2. The van der Waals surface area contributed by atoms with Crippen molar-refractivity contribution in [3.05, 3.63) is 40.6 Å². The van der Waals surface area contributed by atoms with Crippen molar-refractivity contribution in [3.63, 3.8) is 0 Å². The highest BCUT2D eigenvalue weighted by Gasteiger charge is 2.14. The fraction of sp³-hybridized carbons (Fsp3) is 0.286. The molecule has 0 bridgehead atoms. The fourth-order valence-electron chi connectivity index (χ4n) is 1.83. The van der Waals surface area contributed by atoms with E-state index in [0.29, 0.717) is 28.9 Å². The van der Waals surface area contributed by atoms with Gasteiger partial charge in [-0.25, -0.2) is 4.79 Å². The van der Waals surface area contributed by atoms with Gasteiger partial charge in [-0.3, -0.25) is 5.32 Å². The van der Waals surface area contributed by atoms with E-state index in [0.717, 1.165) is 5.56 Å². The minimum Gasteiger partial charge on any atom is -0.496 e. The number of aryl methyl sites for hydroxylation is 1. The Balaban J connectivity index is 2.05. The van der Waals surface area contributed by atoms with Crippen molar-refractivity contribution < 1.29 is 14.1 Å². The molecule has 0 fully saturated rings. The second-order valence-corrected chi connectivity index (χ2v) is 5.00. The molecule has 1 N–H and O–H groups in total. The zero-order valence-electron chi connectivity index (χ0n) is 12.0. The lowest BCUT2D eigenvalue weighted by molar-refractivity contribution is 0.220. The van der Waals surface area contributed by atoms with E-state index in [1.54, 1.807) is 45.3 Å². The number of ether oxygens (including phenoxy) is 1. The Morgan fingerprint density at radius 2 is 2.24 bits per heavy atom. The number of nitrogens with zero attached hydrogens (tertiary/aromatic N) is 2. The van der Waals surface area contributed by atoms with Gasteiger partial charge in [0.25, 0.3) is 0 Å². The van der Waals surface area contributed by atoms with Crippen molar-refractivity contribution in [2.24, 2.45) is 0 Å². The molecule has 1 heterocycles. The first-order chi connectivity index (χ1) is 9.99. The number of carbonyl (C=O) groups is 1. The first-order valence-electron chi connectivity index (χ1n) is 6.27. The summed E-state index contributed by atoms with van der Waals surface area (Å²) in [6, 6.07) is 6.62. The van der Waals surface area contributed by atoms with Crippen LogP contribution in [0.2, 0.25) is 5.02 Å². The van der Waals surface area contributed by atoms with E-state index in [2.05, 4.69) is 10.5 Å². The molecule has 0 spiro atoms. The minimum absolute atomic E-state index is 0.301. The van der Waals surface area contributed by atoms with Gasteiger partial charge in [0, 0.05) is 23.7 Å². The number of hydrogen-bond acceptors (Lipinski definition) is 4. The summed E-state index contributed by atoms with van der Waals surface area (Å²) >= 11 is 5.97. The molecule has 0 aliphatic carbocycles. The molecule has 2 aromatic rings. The molecular formula is C14H16ClN3O3. The molecule has 112 valence electrons. The van der Waals surface area contributed by atoms with E-state index in [1.807, 2.05) is 0 Å². The Bertz CT molecular complexity index is 642. The van der Waals surface area contributed by atoms with E-state index < -0.39 is 0 Å². The summed E-state index contributed by atoms with van der Waals surface area (Å²) in [4.78, 5) is 13.6. The Labute approximate surface area is 127 Å². The average molecular weight is 310 g/mol. The minimum atomic E-state index is -0.301. The number of benzene rings is 1. The maximum absolute atomic E-state index is 12.1. The van der Waals surface area contributed by atoms with Gasteiger partial charge in [0.2, 0.25) is 0 Å². The quantitative estimate of drug-likeness (QED) is 0.941. The SMILES string of the molecule is COc1ccc(Cl)cc1CN(C)C(=O)Nc1cc(C)on1. The molecule has 2 amide bonds. The van der Waals surface area contributed by atoms with Crippen molar-refractivity contribution in [2.75, 3.05) is 19.5 Å². The standard InChI is InChI=1S/C14H16ClN3O3/c1-9-6-13(17-21-9)16-14(19)18(2)8-10-7-11(15)4-5-12(10)20-3/h4-7H,8H2,1-3H3,(H,16,17,19). The third-order valence-corrected chi connectivity index (χ3v) is 3.09. The molecule has 21 heavy (non-hydrogen) atoms. The van der Waals surface area contributed by atoms with Crippen LogP contribution in [0.3, 0.4) is 0 Å². The first kappa shape index (κ1) is 15.2. The monoisotopic (exact) mass is 309 g/mol. The summed E-state index contributed by atoms with van der Waals surface area (Å²) in [7, 11) is 3.24. The van der Waals surface area contributed by atoms with Crippen LogP contribution in [-0.4, -0.2) is 30.2 Å². The highest BCUT2D eigenvalue weighted by atomic mass is 35.5. The van der Waals surface area contributed by atoms with E-state index in [-0.39, 0.29) is 6.03 Å². The third kappa shape index (κ3) is 3.88. The zero-order valence-corrected chi connectivity index (χ0v) is 12.8. The molecular weight excluding hydrogens is 294 g/mol. The lowest BCUT2D eigenvalue weighted by Crippen LogP contribution is -2.31. The normalized spacial score (nSPS) is 10.3. The Morgan fingerprint density at radius 1 is 1.48 bits per heavy atom. The molecule has 0 radical (unpaired) electrons. The van der Waals surface area contributed by atoms with Gasteiger partial charge in [-0.05, 0) is 25.1 Å². The smallest absolute Gasteiger partial charge is 0.323 e. The molecule has 2 rings (SSSR count).